The summed E-state index contributed by atoms with van der Waals surface area (Å²) in [5.41, 5.74) is 9.42. The lowest BCUT2D eigenvalue weighted by molar-refractivity contribution is 0.100. The van der Waals surface area contributed by atoms with Crippen molar-refractivity contribution < 1.29 is 9.90 Å². The van der Waals surface area contributed by atoms with Gasteiger partial charge in [-0.2, -0.15) is 0 Å². The second kappa shape index (κ2) is 5.02. The van der Waals surface area contributed by atoms with Crippen molar-refractivity contribution >= 4 is 5.91 Å². The minimum Gasteiger partial charge on any atom is -0.392 e. The van der Waals surface area contributed by atoms with E-state index in [2.05, 4.69) is 0 Å². The highest BCUT2D eigenvalue weighted by Gasteiger charge is 2.12. The van der Waals surface area contributed by atoms with E-state index in [9.17, 15) is 9.90 Å². The van der Waals surface area contributed by atoms with Crippen molar-refractivity contribution in [1.82, 2.24) is 0 Å². The number of hydrogen-bond acceptors (Lipinski definition) is 2. The topological polar surface area (TPSA) is 63.3 Å². The van der Waals surface area contributed by atoms with Gasteiger partial charge in [-0.05, 0) is 41.3 Å². The molecular weight excluding hydrogens is 226 g/mol. The number of primary amides is 1. The average Bonchev–Trinajstić information content (AvgIpc) is 2.38. The lowest BCUT2D eigenvalue weighted by Gasteiger charge is -2.11. The number of rotatable bonds is 3. The van der Waals surface area contributed by atoms with E-state index in [-0.39, 0.29) is 6.61 Å². The Labute approximate surface area is 106 Å². The zero-order chi connectivity index (χ0) is 13.1. The van der Waals surface area contributed by atoms with Crippen LogP contribution in [0.1, 0.15) is 21.5 Å². The quantitative estimate of drug-likeness (QED) is 0.865. The van der Waals surface area contributed by atoms with Gasteiger partial charge in [0.05, 0.1) is 6.61 Å². The van der Waals surface area contributed by atoms with Gasteiger partial charge in [0.1, 0.15) is 0 Å². The van der Waals surface area contributed by atoms with Crippen LogP contribution in [-0.4, -0.2) is 11.0 Å². The molecule has 0 saturated carbocycles. The summed E-state index contributed by atoms with van der Waals surface area (Å²) in [5.74, 6) is -0.460. The molecule has 0 spiro atoms. The Balaban J connectivity index is 2.68. The van der Waals surface area contributed by atoms with Gasteiger partial charge in [0.25, 0.3) is 0 Å². The summed E-state index contributed by atoms with van der Waals surface area (Å²) in [6.45, 7) is 1.92. The van der Waals surface area contributed by atoms with Gasteiger partial charge in [-0.1, -0.05) is 30.3 Å². The smallest absolute Gasteiger partial charge is 0.249 e. The van der Waals surface area contributed by atoms with Crippen LogP contribution in [0.25, 0.3) is 11.1 Å². The van der Waals surface area contributed by atoms with Crippen molar-refractivity contribution in [2.45, 2.75) is 13.5 Å². The molecule has 0 saturated heterocycles. The largest absolute Gasteiger partial charge is 0.392 e. The molecule has 2 aromatic rings. The molecule has 3 heteroatoms. The Kier molecular flexibility index (Phi) is 3.44. The van der Waals surface area contributed by atoms with E-state index in [0.717, 1.165) is 22.3 Å². The van der Waals surface area contributed by atoms with Crippen molar-refractivity contribution in [2.24, 2.45) is 5.73 Å². The van der Waals surface area contributed by atoms with E-state index in [1.165, 1.54) is 0 Å². The molecule has 2 aromatic carbocycles. The van der Waals surface area contributed by atoms with E-state index in [0.29, 0.717) is 5.56 Å². The number of hydrogen-bond donors (Lipinski definition) is 2. The number of aliphatic hydroxyl groups is 1. The van der Waals surface area contributed by atoms with Gasteiger partial charge in [0, 0.05) is 5.56 Å². The Bertz CT molecular complexity index is 591. The Morgan fingerprint density at radius 2 is 1.89 bits per heavy atom. The summed E-state index contributed by atoms with van der Waals surface area (Å²) in [5, 5.41) is 9.19. The van der Waals surface area contributed by atoms with E-state index < -0.39 is 5.91 Å². The molecule has 2 rings (SSSR count). The molecule has 3 N–H and O–H groups in total. The van der Waals surface area contributed by atoms with Crippen molar-refractivity contribution in [1.29, 1.82) is 0 Å². The Morgan fingerprint density at radius 1 is 1.17 bits per heavy atom. The number of amides is 1. The lowest BCUT2D eigenvalue weighted by atomic mass is 9.94. The zero-order valence-corrected chi connectivity index (χ0v) is 10.2. The number of benzene rings is 2. The number of aliphatic hydroxyl groups excluding tert-OH is 1. The first-order valence-corrected chi connectivity index (χ1v) is 5.73. The number of carbonyl (C=O) groups is 1. The molecule has 3 nitrogen and oxygen atoms in total. The fraction of sp³-hybridized carbons (Fsp3) is 0.133. The van der Waals surface area contributed by atoms with Crippen molar-refractivity contribution in [2.75, 3.05) is 0 Å². The third-order valence-electron chi connectivity index (χ3n) is 2.97. The maximum absolute atomic E-state index is 11.5. The molecule has 0 unspecified atom stereocenters. The normalized spacial score (nSPS) is 10.3. The predicted octanol–water partition coefficient (Wildman–Crippen LogP) is 2.25. The maximum Gasteiger partial charge on any atom is 0.249 e. The van der Waals surface area contributed by atoms with Gasteiger partial charge in [-0.25, -0.2) is 0 Å². The highest BCUT2D eigenvalue weighted by Crippen LogP contribution is 2.27. The van der Waals surface area contributed by atoms with Crippen LogP contribution in [0.15, 0.2) is 42.5 Å². The number of aryl methyl sites for hydroxylation is 1. The second-order valence-corrected chi connectivity index (χ2v) is 4.22. The third kappa shape index (κ3) is 2.26. The second-order valence-electron chi connectivity index (χ2n) is 4.22. The fourth-order valence-corrected chi connectivity index (χ4v) is 2.00. The molecule has 0 aliphatic carbocycles. The summed E-state index contributed by atoms with van der Waals surface area (Å²) in [6, 6.07) is 13.0. The van der Waals surface area contributed by atoms with E-state index >= 15 is 0 Å². The molecule has 18 heavy (non-hydrogen) atoms. The first-order chi connectivity index (χ1) is 8.63. The predicted molar refractivity (Wildman–Crippen MR) is 71.1 cm³/mol. The summed E-state index contributed by atoms with van der Waals surface area (Å²) in [6.07, 6.45) is 0. The lowest BCUT2D eigenvalue weighted by Crippen LogP contribution is -2.12. The van der Waals surface area contributed by atoms with E-state index in [4.69, 9.17) is 5.73 Å². The molecule has 0 aromatic heterocycles. The summed E-state index contributed by atoms with van der Waals surface area (Å²) in [7, 11) is 0. The van der Waals surface area contributed by atoms with Crippen LogP contribution in [0.5, 0.6) is 0 Å². The Morgan fingerprint density at radius 3 is 2.50 bits per heavy atom. The van der Waals surface area contributed by atoms with Crippen LogP contribution >= 0.6 is 0 Å². The Hall–Kier alpha value is -2.13. The van der Waals surface area contributed by atoms with Crippen molar-refractivity contribution in [3.05, 3.63) is 59.2 Å². The summed E-state index contributed by atoms with van der Waals surface area (Å²) < 4.78 is 0. The molecule has 0 radical (unpaired) electrons. The first kappa shape index (κ1) is 12.3. The standard InChI is InChI=1S/C15H15NO2/c1-10-4-2-3-5-12(10)14-8-11(9-17)6-7-13(14)15(16)18/h2-8,17H,9H2,1H3,(H2,16,18). The van der Waals surface area contributed by atoms with Crippen molar-refractivity contribution in [3.8, 4) is 11.1 Å². The molecule has 0 heterocycles. The van der Waals surface area contributed by atoms with Crippen LogP contribution < -0.4 is 5.73 Å². The van der Waals surface area contributed by atoms with Gasteiger partial charge < -0.3 is 10.8 Å². The minimum atomic E-state index is -0.460. The molecule has 0 aliphatic heterocycles. The SMILES string of the molecule is Cc1ccccc1-c1cc(CO)ccc1C(N)=O. The fourth-order valence-electron chi connectivity index (χ4n) is 2.00. The maximum atomic E-state index is 11.5. The molecule has 0 fully saturated rings. The highest BCUT2D eigenvalue weighted by molar-refractivity contribution is 6.00. The average molecular weight is 241 g/mol. The van der Waals surface area contributed by atoms with Crippen LogP contribution in [-0.2, 0) is 6.61 Å². The third-order valence-corrected chi connectivity index (χ3v) is 2.97. The molecule has 0 bridgehead atoms. The van der Waals surface area contributed by atoms with E-state index in [1.54, 1.807) is 12.1 Å². The number of nitrogens with two attached hydrogens (primary N) is 1. The minimum absolute atomic E-state index is 0.0576. The van der Waals surface area contributed by atoms with Gasteiger partial charge in [0.2, 0.25) is 5.91 Å². The van der Waals surface area contributed by atoms with Gasteiger partial charge >= 0.3 is 0 Å². The summed E-state index contributed by atoms with van der Waals surface area (Å²) in [4.78, 5) is 11.5. The van der Waals surface area contributed by atoms with E-state index in [1.807, 2.05) is 37.3 Å². The van der Waals surface area contributed by atoms with Crippen LogP contribution in [0.4, 0.5) is 0 Å². The van der Waals surface area contributed by atoms with Crippen molar-refractivity contribution in [3.63, 3.8) is 0 Å². The van der Waals surface area contributed by atoms with Gasteiger partial charge in [0.15, 0.2) is 0 Å². The first-order valence-electron chi connectivity index (χ1n) is 5.73. The highest BCUT2D eigenvalue weighted by atomic mass is 16.3. The monoisotopic (exact) mass is 241 g/mol. The van der Waals surface area contributed by atoms with Gasteiger partial charge in [-0.3, -0.25) is 4.79 Å². The summed E-state index contributed by atoms with van der Waals surface area (Å²) >= 11 is 0. The van der Waals surface area contributed by atoms with Crippen LogP contribution in [0.3, 0.4) is 0 Å². The molecule has 0 aliphatic rings. The van der Waals surface area contributed by atoms with Crippen LogP contribution in [0.2, 0.25) is 0 Å². The molecule has 0 atom stereocenters. The molecular formula is C15H15NO2. The number of carbonyl (C=O) groups excluding carboxylic acids is 1. The van der Waals surface area contributed by atoms with Gasteiger partial charge in [-0.15, -0.1) is 0 Å². The van der Waals surface area contributed by atoms with Crippen LogP contribution in [0, 0.1) is 6.92 Å². The zero-order valence-electron chi connectivity index (χ0n) is 10.2. The molecule has 92 valence electrons. The molecule has 1 amide bonds.